The minimum Gasteiger partial charge on any atom is -0.490 e. The number of likely N-dealkylation sites (N-methyl/N-ethyl adjacent to an activating group) is 1. The predicted octanol–water partition coefficient (Wildman–Crippen LogP) is 4.96. The van der Waals surface area contributed by atoms with E-state index in [9.17, 15) is 8.42 Å². The number of aryl methyl sites for hydroxylation is 1. The van der Waals surface area contributed by atoms with Crippen LogP contribution in [-0.4, -0.2) is 55.3 Å². The summed E-state index contributed by atoms with van der Waals surface area (Å²) in [6.07, 6.45) is 4.19. The van der Waals surface area contributed by atoms with Gasteiger partial charge in [0.25, 0.3) is 0 Å². The van der Waals surface area contributed by atoms with Crippen molar-refractivity contribution in [2.75, 3.05) is 26.0 Å². The third-order valence-corrected chi connectivity index (χ3v) is 8.42. The third-order valence-electron chi connectivity index (χ3n) is 6.69. The zero-order valence-electron chi connectivity index (χ0n) is 19.3. The van der Waals surface area contributed by atoms with Crippen LogP contribution < -0.4 is 4.74 Å². The van der Waals surface area contributed by atoms with Gasteiger partial charge in [-0.25, -0.2) is 13.4 Å². The fraction of sp³-hybridized carbons (Fsp3) is 0.346. The molecule has 1 aliphatic heterocycles. The van der Waals surface area contributed by atoms with Gasteiger partial charge in [0.15, 0.2) is 9.84 Å². The molecule has 1 unspecified atom stereocenters. The predicted molar refractivity (Wildman–Crippen MR) is 133 cm³/mol. The lowest BCUT2D eigenvalue weighted by molar-refractivity contribution is 0.199. The van der Waals surface area contributed by atoms with E-state index in [-0.39, 0.29) is 5.75 Å². The average Bonchev–Trinajstić information content (AvgIpc) is 3.40. The Morgan fingerprint density at radius 2 is 2.06 bits per heavy atom. The minimum absolute atomic E-state index is 0.0739. The van der Waals surface area contributed by atoms with Gasteiger partial charge in [0, 0.05) is 23.0 Å². The van der Waals surface area contributed by atoms with Gasteiger partial charge in [-0.05, 0) is 80.4 Å². The molecular weight excluding hydrogens is 434 g/mol. The van der Waals surface area contributed by atoms with E-state index in [0.29, 0.717) is 17.5 Å². The normalized spacial score (nSPS) is 17.2. The summed E-state index contributed by atoms with van der Waals surface area (Å²) in [4.78, 5) is 10.7. The highest BCUT2D eigenvalue weighted by Crippen LogP contribution is 2.39. The van der Waals surface area contributed by atoms with Crippen LogP contribution in [0.2, 0.25) is 0 Å². The Hall–Kier alpha value is -2.90. The van der Waals surface area contributed by atoms with E-state index in [4.69, 9.17) is 4.74 Å². The summed E-state index contributed by atoms with van der Waals surface area (Å²) in [6, 6.07) is 13.7. The molecule has 0 spiro atoms. The first-order chi connectivity index (χ1) is 15.9. The fourth-order valence-electron chi connectivity index (χ4n) is 4.73. The molecule has 2 aromatic carbocycles. The molecule has 4 aromatic rings. The Morgan fingerprint density at radius 3 is 2.82 bits per heavy atom. The summed E-state index contributed by atoms with van der Waals surface area (Å²) < 4.78 is 31.3. The van der Waals surface area contributed by atoms with E-state index in [1.807, 2.05) is 37.4 Å². The molecule has 5 rings (SSSR count). The second kappa shape index (κ2) is 8.47. The number of nitrogens with one attached hydrogen (secondary N) is 1. The van der Waals surface area contributed by atoms with Crippen molar-refractivity contribution >= 4 is 31.8 Å². The molecule has 0 aliphatic carbocycles. The Bertz CT molecular complexity index is 1440. The Balaban J connectivity index is 1.66. The van der Waals surface area contributed by atoms with Crippen molar-refractivity contribution < 1.29 is 13.2 Å². The van der Waals surface area contributed by atoms with Crippen LogP contribution >= 0.6 is 0 Å². The van der Waals surface area contributed by atoms with Crippen LogP contribution in [-0.2, 0) is 9.84 Å². The molecule has 1 N–H and O–H groups in total. The summed E-state index contributed by atoms with van der Waals surface area (Å²) in [5, 5.41) is 2.01. The lowest BCUT2D eigenvalue weighted by Gasteiger charge is -2.20. The number of hydrogen-bond acceptors (Lipinski definition) is 5. The highest BCUT2D eigenvalue weighted by molar-refractivity contribution is 7.91. The van der Waals surface area contributed by atoms with E-state index < -0.39 is 9.84 Å². The largest absolute Gasteiger partial charge is 0.490 e. The molecule has 0 amide bonds. The molecule has 172 valence electrons. The Labute approximate surface area is 194 Å². The van der Waals surface area contributed by atoms with Crippen molar-refractivity contribution in [3.8, 4) is 16.9 Å². The van der Waals surface area contributed by atoms with Crippen LogP contribution in [0.3, 0.4) is 0 Å². The number of pyridine rings is 1. The van der Waals surface area contributed by atoms with Crippen LogP contribution in [0.15, 0.2) is 53.6 Å². The molecular formula is C26H29N3O3S. The summed E-state index contributed by atoms with van der Waals surface area (Å²) >= 11 is 0. The molecule has 33 heavy (non-hydrogen) atoms. The first-order valence-corrected chi connectivity index (χ1v) is 13.1. The van der Waals surface area contributed by atoms with E-state index >= 15 is 0 Å². The summed E-state index contributed by atoms with van der Waals surface area (Å²) in [6.45, 7) is 5.43. The highest BCUT2D eigenvalue weighted by atomic mass is 32.2. The SMILES string of the molecule is CCS(=O)(=O)c1cccc(-c2ccc(OCC3CCCN3C)c3[nH]c4ncc(C)cc4c23)c1. The van der Waals surface area contributed by atoms with Crippen molar-refractivity contribution in [3.05, 3.63) is 54.2 Å². The monoisotopic (exact) mass is 463 g/mol. The Morgan fingerprint density at radius 1 is 1.21 bits per heavy atom. The second-order valence-corrected chi connectivity index (χ2v) is 11.2. The number of likely N-dealkylation sites (tertiary alicyclic amines) is 1. The topological polar surface area (TPSA) is 75.3 Å². The van der Waals surface area contributed by atoms with Gasteiger partial charge in [-0.1, -0.05) is 19.1 Å². The van der Waals surface area contributed by atoms with Gasteiger partial charge in [-0.15, -0.1) is 0 Å². The minimum atomic E-state index is -3.30. The molecule has 3 heterocycles. The van der Waals surface area contributed by atoms with Crippen molar-refractivity contribution in [1.82, 2.24) is 14.9 Å². The van der Waals surface area contributed by atoms with E-state index in [1.54, 1.807) is 19.1 Å². The lowest BCUT2D eigenvalue weighted by Crippen LogP contribution is -2.30. The maximum absolute atomic E-state index is 12.5. The van der Waals surface area contributed by atoms with Gasteiger partial charge in [0.05, 0.1) is 16.2 Å². The van der Waals surface area contributed by atoms with Crippen molar-refractivity contribution in [2.45, 2.75) is 37.6 Å². The molecule has 6 nitrogen and oxygen atoms in total. The summed E-state index contributed by atoms with van der Waals surface area (Å²) in [7, 11) is -1.15. The second-order valence-electron chi connectivity index (χ2n) is 8.91. The maximum atomic E-state index is 12.5. The number of ether oxygens (including phenoxy) is 1. The van der Waals surface area contributed by atoms with Gasteiger partial charge >= 0.3 is 0 Å². The first kappa shape index (κ1) is 21.9. The molecule has 0 bridgehead atoms. The number of sulfone groups is 1. The highest BCUT2D eigenvalue weighted by Gasteiger charge is 2.23. The number of aromatic amines is 1. The number of rotatable bonds is 6. The third kappa shape index (κ3) is 4.00. The zero-order valence-corrected chi connectivity index (χ0v) is 20.1. The lowest BCUT2D eigenvalue weighted by atomic mass is 9.99. The maximum Gasteiger partial charge on any atom is 0.178 e. The van der Waals surface area contributed by atoms with Gasteiger partial charge < -0.3 is 14.6 Å². The molecule has 7 heteroatoms. The molecule has 1 aliphatic rings. The number of nitrogens with zero attached hydrogens (tertiary/aromatic N) is 2. The average molecular weight is 464 g/mol. The van der Waals surface area contributed by atoms with Crippen molar-refractivity contribution in [2.24, 2.45) is 0 Å². The first-order valence-electron chi connectivity index (χ1n) is 11.4. The van der Waals surface area contributed by atoms with Crippen molar-refractivity contribution in [1.29, 1.82) is 0 Å². The number of aromatic nitrogens is 2. The van der Waals surface area contributed by atoms with Crippen LogP contribution in [0.1, 0.15) is 25.3 Å². The zero-order chi connectivity index (χ0) is 23.2. The fourth-order valence-corrected chi connectivity index (χ4v) is 5.65. The van der Waals surface area contributed by atoms with Gasteiger partial charge in [0.2, 0.25) is 0 Å². The molecule has 1 atom stereocenters. The van der Waals surface area contributed by atoms with Crippen LogP contribution in [0.25, 0.3) is 33.1 Å². The quantitative estimate of drug-likeness (QED) is 0.438. The van der Waals surface area contributed by atoms with E-state index in [0.717, 1.165) is 57.3 Å². The van der Waals surface area contributed by atoms with Crippen LogP contribution in [0, 0.1) is 6.92 Å². The molecule has 1 saturated heterocycles. The van der Waals surface area contributed by atoms with Gasteiger partial charge in [0.1, 0.15) is 18.0 Å². The number of fused-ring (bicyclic) bond motifs is 3. The number of H-pyrrole nitrogens is 1. The Kier molecular flexibility index (Phi) is 5.62. The smallest absolute Gasteiger partial charge is 0.178 e. The summed E-state index contributed by atoms with van der Waals surface area (Å²) in [5.74, 6) is 0.867. The van der Waals surface area contributed by atoms with Crippen LogP contribution in [0.4, 0.5) is 0 Å². The van der Waals surface area contributed by atoms with Gasteiger partial charge in [-0.2, -0.15) is 0 Å². The molecule has 0 saturated carbocycles. The number of hydrogen-bond donors (Lipinski definition) is 1. The summed E-state index contributed by atoms with van der Waals surface area (Å²) in [5.41, 5.74) is 4.57. The number of benzene rings is 2. The van der Waals surface area contributed by atoms with Crippen molar-refractivity contribution in [3.63, 3.8) is 0 Å². The van der Waals surface area contributed by atoms with Gasteiger partial charge in [-0.3, -0.25) is 0 Å². The van der Waals surface area contributed by atoms with E-state index in [1.165, 1.54) is 6.42 Å². The standard InChI is InChI=1S/C26H29N3O3S/c1-4-33(30,31)20-9-5-7-18(14-20)21-10-11-23(32-16-19-8-6-12-29(19)3)25-24(21)22-13-17(2)15-27-26(22)28-25/h5,7,9-11,13-15,19H,4,6,8,12,16H2,1-3H3,(H,27,28). The van der Waals surface area contributed by atoms with Crippen LogP contribution in [0.5, 0.6) is 5.75 Å². The molecule has 1 fully saturated rings. The molecule has 0 radical (unpaired) electrons. The molecule has 2 aromatic heterocycles. The van der Waals surface area contributed by atoms with E-state index in [2.05, 4.69) is 28.0 Å².